The summed E-state index contributed by atoms with van der Waals surface area (Å²) in [5.41, 5.74) is 18.1. The van der Waals surface area contributed by atoms with E-state index in [1.807, 2.05) is 5.32 Å². The Morgan fingerprint density at radius 1 is 0.974 bits per heavy atom. The predicted octanol–water partition coefficient (Wildman–Crippen LogP) is -2.41. The first-order valence-corrected chi connectivity index (χ1v) is 11.4. The molecule has 1 rings (SSSR count). The molecule has 0 saturated carbocycles. The molecule has 0 aliphatic rings. The fourth-order valence-electron chi connectivity index (χ4n) is 3.24. The Morgan fingerprint density at radius 2 is 1.59 bits per heavy atom. The van der Waals surface area contributed by atoms with Gasteiger partial charge in [-0.15, -0.1) is 0 Å². The van der Waals surface area contributed by atoms with Gasteiger partial charge in [0.2, 0.25) is 23.6 Å². The molecule has 1 aromatic rings. The summed E-state index contributed by atoms with van der Waals surface area (Å²) < 4.78 is 40.6. The average molecular weight is 561 g/mol. The predicted molar refractivity (Wildman–Crippen MR) is 131 cm³/mol. The second-order valence-corrected chi connectivity index (χ2v) is 8.43. The number of carbonyl (C=O) groups excluding carboxylic acids is 4. The van der Waals surface area contributed by atoms with E-state index in [9.17, 15) is 37.1 Å². The lowest BCUT2D eigenvalue weighted by Crippen LogP contribution is -2.64. The van der Waals surface area contributed by atoms with Crippen molar-refractivity contribution in [1.29, 1.82) is 0 Å². The number of carboxylic acid groups (broad SMARTS) is 1. The third-order valence-corrected chi connectivity index (χ3v) is 5.32. The first-order chi connectivity index (χ1) is 18.1. The number of nitrogens with two attached hydrogens (primary N) is 4. The zero-order valence-electron chi connectivity index (χ0n) is 20.7. The van der Waals surface area contributed by atoms with Crippen molar-refractivity contribution >= 4 is 35.6 Å². The van der Waals surface area contributed by atoms with Crippen molar-refractivity contribution < 1.29 is 42.3 Å². The third-order valence-electron chi connectivity index (χ3n) is 5.32. The lowest BCUT2D eigenvalue weighted by molar-refractivity contribution is -0.193. The fourth-order valence-corrected chi connectivity index (χ4v) is 3.24. The highest BCUT2D eigenvalue weighted by atomic mass is 19.4. The molecule has 0 fully saturated rings. The first-order valence-electron chi connectivity index (χ1n) is 11.4. The van der Waals surface area contributed by atoms with Crippen molar-refractivity contribution in [2.75, 3.05) is 13.1 Å². The number of aliphatic carboxylic acids is 1. The van der Waals surface area contributed by atoms with Gasteiger partial charge in [-0.3, -0.25) is 29.0 Å². The van der Waals surface area contributed by atoms with Crippen LogP contribution in [0.5, 0.6) is 0 Å². The number of alkyl halides is 3. The molecule has 0 spiro atoms. The van der Waals surface area contributed by atoms with E-state index in [-0.39, 0.29) is 25.3 Å². The second kappa shape index (κ2) is 14.5. The first kappa shape index (κ1) is 32.6. The molecule has 0 aliphatic carbocycles. The molecule has 4 amide bonds. The van der Waals surface area contributed by atoms with E-state index in [1.165, 1.54) is 0 Å². The summed E-state index contributed by atoms with van der Waals surface area (Å²) in [6.07, 6.45) is -7.43. The zero-order valence-corrected chi connectivity index (χ0v) is 20.7. The highest BCUT2D eigenvalue weighted by Crippen LogP contribution is 2.32. The summed E-state index contributed by atoms with van der Waals surface area (Å²) in [5, 5.41) is 15.1. The van der Waals surface area contributed by atoms with E-state index in [4.69, 9.17) is 28.0 Å². The fraction of sp³-hybridized carbons (Fsp3) is 0.455. The molecule has 0 aliphatic heterocycles. The molecule has 0 radical (unpaired) electrons. The highest BCUT2D eigenvalue weighted by molar-refractivity contribution is 5.95. The monoisotopic (exact) mass is 560 g/mol. The van der Waals surface area contributed by atoms with Crippen LogP contribution in [0, 0.1) is 0 Å². The molecule has 0 saturated heterocycles. The van der Waals surface area contributed by atoms with Crippen molar-refractivity contribution in [3.8, 4) is 0 Å². The van der Waals surface area contributed by atoms with Gasteiger partial charge in [-0.2, -0.15) is 13.2 Å². The average Bonchev–Trinajstić information content (AvgIpc) is 2.83. The van der Waals surface area contributed by atoms with Crippen LogP contribution in [0.3, 0.4) is 0 Å². The van der Waals surface area contributed by atoms with Crippen molar-refractivity contribution in [1.82, 2.24) is 16.0 Å². The Bertz CT molecular complexity index is 1070. The number of halogens is 3. The van der Waals surface area contributed by atoms with Crippen LogP contribution in [-0.2, 0) is 30.4 Å². The molecule has 0 bridgehead atoms. The van der Waals surface area contributed by atoms with Gasteiger partial charge in [0.15, 0.2) is 11.5 Å². The number of carbonyl (C=O) groups is 5. The number of rotatable bonds is 15. The van der Waals surface area contributed by atoms with Gasteiger partial charge < -0.3 is 44.0 Å². The maximum atomic E-state index is 13.5. The lowest BCUT2D eigenvalue weighted by Gasteiger charge is -2.30. The number of carboxylic acids is 1. The van der Waals surface area contributed by atoms with Gasteiger partial charge in [-0.1, -0.05) is 30.3 Å². The van der Waals surface area contributed by atoms with Crippen LogP contribution in [0.15, 0.2) is 35.3 Å². The molecule has 1 unspecified atom stereocenters. The Morgan fingerprint density at radius 3 is 2.10 bits per heavy atom. The molecule has 216 valence electrons. The van der Waals surface area contributed by atoms with E-state index < -0.39 is 72.8 Å². The minimum atomic E-state index is -5.21. The largest absolute Gasteiger partial charge is 0.481 e. The Labute approximate surface area is 220 Å². The van der Waals surface area contributed by atoms with Crippen LogP contribution in [0.25, 0.3) is 0 Å². The molecule has 14 nitrogen and oxygen atoms in total. The minimum Gasteiger partial charge on any atom is -0.481 e. The van der Waals surface area contributed by atoms with Crippen molar-refractivity contribution in [2.24, 2.45) is 27.9 Å². The summed E-state index contributed by atoms with van der Waals surface area (Å²) in [5.74, 6) is -6.87. The van der Waals surface area contributed by atoms with Crippen LogP contribution >= 0.6 is 0 Å². The van der Waals surface area contributed by atoms with E-state index in [0.717, 1.165) is 0 Å². The normalized spacial score (nSPS) is 14.2. The summed E-state index contributed by atoms with van der Waals surface area (Å²) in [4.78, 5) is 63.8. The Hall–Kier alpha value is -4.41. The van der Waals surface area contributed by atoms with Gasteiger partial charge in [0.25, 0.3) is 0 Å². The van der Waals surface area contributed by atoms with E-state index in [1.54, 1.807) is 35.6 Å². The molecule has 39 heavy (non-hydrogen) atoms. The maximum absolute atomic E-state index is 13.5. The van der Waals surface area contributed by atoms with Gasteiger partial charge in [-0.05, 0) is 18.4 Å². The molecule has 0 heterocycles. The van der Waals surface area contributed by atoms with Crippen LogP contribution in [0.4, 0.5) is 13.2 Å². The number of aliphatic imine (C=N–C) groups is 1. The highest BCUT2D eigenvalue weighted by Gasteiger charge is 2.57. The molecule has 12 N–H and O–H groups in total. The van der Waals surface area contributed by atoms with Crippen molar-refractivity contribution in [3.63, 3.8) is 0 Å². The number of guanidine groups is 1. The number of benzene rings is 1. The van der Waals surface area contributed by atoms with E-state index in [2.05, 4.69) is 10.3 Å². The number of hydrogen-bond donors (Lipinski definition) is 8. The van der Waals surface area contributed by atoms with Gasteiger partial charge in [0.1, 0.15) is 12.1 Å². The molecule has 0 aromatic heterocycles. The quantitative estimate of drug-likeness (QED) is 0.0644. The Balaban J connectivity index is 2.87. The number of nitrogens with one attached hydrogen (secondary N) is 3. The SMILES string of the molecule is NC(=O)C(Cc1ccccc1)NC(=O)[C@H](CC(=O)O)NC(=O)CNC(=O)[C@@](N)(CCCN=C(N)N)C(F)(F)F. The lowest BCUT2D eigenvalue weighted by atomic mass is 9.92. The van der Waals surface area contributed by atoms with Crippen molar-refractivity contribution in [3.05, 3.63) is 35.9 Å². The van der Waals surface area contributed by atoms with Crippen LogP contribution in [0.2, 0.25) is 0 Å². The van der Waals surface area contributed by atoms with Gasteiger partial charge >= 0.3 is 12.1 Å². The Kier molecular flexibility index (Phi) is 12.1. The van der Waals surface area contributed by atoms with E-state index >= 15 is 0 Å². The molecular formula is C22H31F3N8O6. The smallest absolute Gasteiger partial charge is 0.415 e. The summed E-state index contributed by atoms with van der Waals surface area (Å²) in [6.45, 7) is -1.32. The van der Waals surface area contributed by atoms with Gasteiger partial charge in [-0.25, -0.2) is 0 Å². The zero-order chi connectivity index (χ0) is 29.8. The summed E-state index contributed by atoms with van der Waals surface area (Å²) in [7, 11) is 0. The molecule has 17 heteroatoms. The molecular weight excluding hydrogens is 529 g/mol. The minimum absolute atomic E-state index is 0.0368. The van der Waals surface area contributed by atoms with Crippen LogP contribution in [-0.4, -0.2) is 77.6 Å². The second-order valence-electron chi connectivity index (χ2n) is 8.43. The van der Waals surface area contributed by atoms with Gasteiger partial charge in [0, 0.05) is 13.0 Å². The van der Waals surface area contributed by atoms with Crippen LogP contribution < -0.4 is 38.9 Å². The summed E-state index contributed by atoms with van der Waals surface area (Å²) in [6, 6.07) is 5.35. The number of hydrogen-bond acceptors (Lipinski definition) is 7. The third kappa shape index (κ3) is 10.8. The summed E-state index contributed by atoms with van der Waals surface area (Å²) >= 11 is 0. The molecule has 1 aromatic carbocycles. The number of amides is 4. The standard InChI is InChI=1S/C22H31F3N8O6/c23-22(24,25)21(29,7-4-8-30-20(27)28)19(39)31-11-15(34)32-14(10-16(35)36)18(38)33-13(17(26)37)9-12-5-2-1-3-6-12/h1-3,5-6,13-14H,4,7-11,29H2,(H2,26,37)(H,31,39)(H,32,34)(H,33,38)(H,35,36)(H4,27,28,30)/t13?,14-,21-/m0/s1. The van der Waals surface area contributed by atoms with Gasteiger partial charge in [0.05, 0.1) is 13.0 Å². The van der Waals surface area contributed by atoms with Crippen LogP contribution in [0.1, 0.15) is 24.8 Å². The van der Waals surface area contributed by atoms with E-state index in [0.29, 0.717) is 5.56 Å². The maximum Gasteiger partial charge on any atom is 0.415 e. The topological polar surface area (TPSA) is 258 Å². The number of nitrogens with zero attached hydrogens (tertiary/aromatic N) is 1. The van der Waals surface area contributed by atoms with Crippen molar-refractivity contribution in [2.45, 2.75) is 49.5 Å². The number of primary amides is 1. The molecule has 3 atom stereocenters.